The third-order valence-electron chi connectivity index (χ3n) is 4.21. The molecule has 0 atom stereocenters. The zero-order chi connectivity index (χ0) is 21.9. The summed E-state index contributed by atoms with van der Waals surface area (Å²) in [6.45, 7) is 1.70. The van der Waals surface area contributed by atoms with Crippen molar-refractivity contribution in [1.29, 1.82) is 0 Å². The maximum absolute atomic E-state index is 13.0. The van der Waals surface area contributed by atoms with Gasteiger partial charge in [-0.3, -0.25) is 14.9 Å². The average molecular weight is 416 g/mol. The number of nitrogens with one attached hydrogen (secondary N) is 1. The fourth-order valence-electron chi connectivity index (χ4n) is 2.87. The van der Waals surface area contributed by atoms with Crippen molar-refractivity contribution in [1.82, 2.24) is 0 Å². The Kier molecular flexibility index (Phi) is 5.72. The summed E-state index contributed by atoms with van der Waals surface area (Å²) >= 11 is 0. The largest absolute Gasteiger partial charge is 0.456 e. The van der Waals surface area contributed by atoms with Crippen molar-refractivity contribution in [3.05, 3.63) is 87.7 Å². The SMILES string of the molecule is Cc1cccc([N+](=O)[O-])c1-c1ccc(/C=C/C(=O)Nc2ccccc2C(F)(F)F)o1. The molecule has 154 valence electrons. The van der Waals surface area contributed by atoms with Gasteiger partial charge in [-0.2, -0.15) is 13.2 Å². The smallest absolute Gasteiger partial charge is 0.418 e. The highest BCUT2D eigenvalue weighted by Crippen LogP contribution is 2.35. The number of halogens is 3. The Labute approximate surface area is 168 Å². The molecular formula is C21H15F3N2O4. The van der Waals surface area contributed by atoms with Crippen molar-refractivity contribution in [3.8, 4) is 11.3 Å². The van der Waals surface area contributed by atoms with E-state index < -0.39 is 22.6 Å². The molecule has 0 saturated heterocycles. The predicted molar refractivity (Wildman–Crippen MR) is 105 cm³/mol. The molecule has 1 N–H and O–H groups in total. The first-order valence-corrected chi connectivity index (χ1v) is 8.66. The van der Waals surface area contributed by atoms with E-state index >= 15 is 0 Å². The average Bonchev–Trinajstić information content (AvgIpc) is 3.14. The van der Waals surface area contributed by atoms with Gasteiger partial charge < -0.3 is 9.73 Å². The summed E-state index contributed by atoms with van der Waals surface area (Å²) in [6, 6.07) is 12.3. The van der Waals surface area contributed by atoms with E-state index in [9.17, 15) is 28.1 Å². The molecule has 0 spiro atoms. The lowest BCUT2D eigenvalue weighted by Gasteiger charge is -2.12. The highest BCUT2D eigenvalue weighted by molar-refractivity contribution is 6.02. The summed E-state index contributed by atoms with van der Waals surface area (Å²) in [6.07, 6.45) is -2.33. The van der Waals surface area contributed by atoms with E-state index in [1.165, 1.54) is 36.4 Å². The van der Waals surface area contributed by atoms with Crippen molar-refractivity contribution in [3.63, 3.8) is 0 Å². The van der Waals surface area contributed by atoms with Crippen molar-refractivity contribution in [2.75, 3.05) is 5.32 Å². The molecule has 0 unspecified atom stereocenters. The van der Waals surface area contributed by atoms with E-state index in [2.05, 4.69) is 5.32 Å². The molecule has 0 fully saturated rings. The standard InChI is InChI=1S/C21H15F3N2O4/c1-13-5-4-8-17(26(28)29)20(13)18-11-9-14(30-18)10-12-19(27)25-16-7-3-2-6-15(16)21(22,23)24/h2-12H,1H3,(H,25,27)/b12-10+. The van der Waals surface area contributed by atoms with Crippen LogP contribution in [0.5, 0.6) is 0 Å². The number of alkyl halides is 3. The summed E-state index contributed by atoms with van der Waals surface area (Å²) in [4.78, 5) is 22.8. The number of carbonyl (C=O) groups is 1. The van der Waals surface area contributed by atoms with Gasteiger partial charge in [0.2, 0.25) is 5.91 Å². The monoisotopic (exact) mass is 416 g/mol. The first-order valence-electron chi connectivity index (χ1n) is 8.66. The maximum atomic E-state index is 13.0. The molecule has 0 radical (unpaired) electrons. The number of hydrogen-bond acceptors (Lipinski definition) is 4. The minimum atomic E-state index is -4.61. The van der Waals surface area contributed by atoms with Gasteiger partial charge in [0.05, 0.1) is 21.7 Å². The van der Waals surface area contributed by atoms with Crippen molar-refractivity contribution >= 4 is 23.4 Å². The number of rotatable bonds is 5. The first-order chi connectivity index (χ1) is 14.2. The van der Waals surface area contributed by atoms with Gasteiger partial charge in [0, 0.05) is 12.1 Å². The van der Waals surface area contributed by atoms with Crippen molar-refractivity contribution in [2.24, 2.45) is 0 Å². The van der Waals surface area contributed by atoms with Gasteiger partial charge in [0.15, 0.2) is 0 Å². The van der Waals surface area contributed by atoms with Gasteiger partial charge in [-0.25, -0.2) is 0 Å². The molecule has 3 aromatic rings. The summed E-state index contributed by atoms with van der Waals surface area (Å²) in [5, 5.41) is 13.4. The number of furan rings is 1. The molecular weight excluding hydrogens is 401 g/mol. The van der Waals surface area contributed by atoms with Crippen LogP contribution in [0.4, 0.5) is 24.5 Å². The third-order valence-corrected chi connectivity index (χ3v) is 4.21. The number of hydrogen-bond donors (Lipinski definition) is 1. The van der Waals surface area contributed by atoms with Crippen LogP contribution < -0.4 is 5.32 Å². The predicted octanol–water partition coefficient (Wildman–Crippen LogP) is 5.83. The minimum Gasteiger partial charge on any atom is -0.456 e. The number of nitro groups is 1. The van der Waals surface area contributed by atoms with Gasteiger partial charge in [-0.15, -0.1) is 0 Å². The van der Waals surface area contributed by atoms with Crippen molar-refractivity contribution < 1.29 is 27.3 Å². The lowest BCUT2D eigenvalue weighted by Crippen LogP contribution is -2.14. The lowest BCUT2D eigenvalue weighted by molar-refractivity contribution is -0.384. The first kappa shape index (κ1) is 20.8. The number of anilines is 1. The Morgan fingerprint density at radius 3 is 2.53 bits per heavy atom. The van der Waals surface area contributed by atoms with E-state index in [0.29, 0.717) is 11.1 Å². The fourth-order valence-corrected chi connectivity index (χ4v) is 2.87. The summed E-state index contributed by atoms with van der Waals surface area (Å²) in [5.41, 5.74) is -0.503. The Balaban J connectivity index is 1.80. The molecule has 1 heterocycles. The van der Waals surface area contributed by atoms with E-state index in [1.807, 2.05) is 0 Å². The van der Waals surface area contributed by atoms with Crippen LogP contribution in [-0.4, -0.2) is 10.8 Å². The topological polar surface area (TPSA) is 85.4 Å². The fraction of sp³-hybridized carbons (Fsp3) is 0.0952. The van der Waals surface area contributed by atoms with E-state index in [1.54, 1.807) is 19.1 Å². The van der Waals surface area contributed by atoms with Gasteiger partial charge in [0.25, 0.3) is 5.69 Å². The Morgan fingerprint density at radius 1 is 1.10 bits per heavy atom. The number of benzene rings is 2. The highest BCUT2D eigenvalue weighted by Gasteiger charge is 2.33. The molecule has 9 heteroatoms. The summed E-state index contributed by atoms with van der Waals surface area (Å²) in [5.74, 6) is -0.337. The Bertz CT molecular complexity index is 1130. The molecule has 6 nitrogen and oxygen atoms in total. The van der Waals surface area contributed by atoms with E-state index in [-0.39, 0.29) is 22.9 Å². The number of para-hydroxylation sites is 1. The molecule has 3 rings (SSSR count). The summed E-state index contributed by atoms with van der Waals surface area (Å²) < 4.78 is 44.6. The third kappa shape index (κ3) is 4.57. The van der Waals surface area contributed by atoms with Crippen molar-refractivity contribution in [2.45, 2.75) is 13.1 Å². The zero-order valence-electron chi connectivity index (χ0n) is 15.6. The molecule has 30 heavy (non-hydrogen) atoms. The Hall–Kier alpha value is -3.88. The molecule has 0 aliphatic carbocycles. The van der Waals surface area contributed by atoms with Gasteiger partial charge in [-0.1, -0.05) is 24.3 Å². The molecule has 0 aliphatic heterocycles. The normalized spacial score (nSPS) is 11.6. The van der Waals surface area contributed by atoms with Crippen LogP contribution in [0.1, 0.15) is 16.9 Å². The Morgan fingerprint density at radius 2 is 1.83 bits per heavy atom. The second kappa shape index (κ2) is 8.24. The van der Waals surface area contributed by atoms with Crippen LogP contribution in [0, 0.1) is 17.0 Å². The van der Waals surface area contributed by atoms with Gasteiger partial charge in [-0.05, 0) is 42.8 Å². The molecule has 0 bridgehead atoms. The minimum absolute atomic E-state index is 0.124. The van der Waals surface area contributed by atoms with Gasteiger partial charge >= 0.3 is 6.18 Å². The number of amides is 1. The van der Waals surface area contributed by atoms with E-state index in [4.69, 9.17) is 4.42 Å². The highest BCUT2D eigenvalue weighted by atomic mass is 19.4. The molecule has 0 saturated carbocycles. The van der Waals surface area contributed by atoms with Crippen LogP contribution in [0.15, 0.2) is 65.1 Å². The van der Waals surface area contributed by atoms with E-state index in [0.717, 1.165) is 18.2 Å². The van der Waals surface area contributed by atoms with Gasteiger partial charge in [0.1, 0.15) is 11.5 Å². The molecule has 0 aliphatic rings. The van der Waals surface area contributed by atoms with Crippen LogP contribution in [0.3, 0.4) is 0 Å². The molecule has 1 amide bonds. The van der Waals surface area contributed by atoms with Crippen LogP contribution in [-0.2, 0) is 11.0 Å². The number of aryl methyl sites for hydroxylation is 1. The second-order valence-corrected chi connectivity index (χ2v) is 6.29. The quantitative estimate of drug-likeness (QED) is 0.322. The number of carbonyl (C=O) groups excluding carboxylic acids is 1. The maximum Gasteiger partial charge on any atom is 0.418 e. The lowest BCUT2D eigenvalue weighted by atomic mass is 10.0. The van der Waals surface area contributed by atoms with Crippen LogP contribution in [0.25, 0.3) is 17.4 Å². The van der Waals surface area contributed by atoms with Crippen LogP contribution in [0.2, 0.25) is 0 Å². The number of nitro benzene ring substituents is 1. The summed E-state index contributed by atoms with van der Waals surface area (Å²) in [7, 11) is 0. The number of nitrogens with zero attached hydrogens (tertiary/aromatic N) is 1. The molecule has 2 aromatic carbocycles. The zero-order valence-corrected chi connectivity index (χ0v) is 15.6. The van der Waals surface area contributed by atoms with Crippen LogP contribution >= 0.6 is 0 Å². The second-order valence-electron chi connectivity index (χ2n) is 6.29. The molecule has 1 aromatic heterocycles.